The highest BCUT2D eigenvalue weighted by Crippen LogP contribution is 2.38. The van der Waals surface area contributed by atoms with Crippen molar-refractivity contribution in [1.82, 2.24) is 5.32 Å². The highest BCUT2D eigenvalue weighted by Gasteiger charge is 2.37. The summed E-state index contributed by atoms with van der Waals surface area (Å²) in [6, 6.07) is 15.4. The summed E-state index contributed by atoms with van der Waals surface area (Å²) in [5.74, 6) is -0.670. The van der Waals surface area contributed by atoms with E-state index in [2.05, 4.69) is 21.2 Å². The van der Waals surface area contributed by atoms with Gasteiger partial charge in [0.15, 0.2) is 11.5 Å². The number of halogens is 2. The van der Waals surface area contributed by atoms with E-state index in [0.717, 1.165) is 16.0 Å². The molecule has 0 aromatic heterocycles. The predicted molar refractivity (Wildman–Crippen MR) is 141 cm³/mol. The highest BCUT2D eigenvalue weighted by atomic mass is 79.9. The summed E-state index contributed by atoms with van der Waals surface area (Å²) in [5, 5.41) is 2.61. The van der Waals surface area contributed by atoms with Gasteiger partial charge in [0.2, 0.25) is 0 Å². The summed E-state index contributed by atoms with van der Waals surface area (Å²) in [7, 11) is 1.50. The van der Waals surface area contributed by atoms with E-state index in [1.54, 1.807) is 37.3 Å². The van der Waals surface area contributed by atoms with Gasteiger partial charge in [-0.1, -0.05) is 47.5 Å². The summed E-state index contributed by atoms with van der Waals surface area (Å²) in [6.45, 7) is 4.03. The van der Waals surface area contributed by atoms with E-state index >= 15 is 0 Å². The number of imide groups is 2. The van der Waals surface area contributed by atoms with E-state index in [0.29, 0.717) is 44.4 Å². The van der Waals surface area contributed by atoms with Crippen molar-refractivity contribution < 1.29 is 23.9 Å². The Morgan fingerprint density at radius 1 is 1.06 bits per heavy atom. The van der Waals surface area contributed by atoms with Crippen LogP contribution in [0.15, 0.2) is 64.6 Å². The fourth-order valence-corrected chi connectivity index (χ4v) is 4.43. The van der Waals surface area contributed by atoms with Crippen LogP contribution in [0.4, 0.5) is 10.5 Å². The van der Waals surface area contributed by atoms with Crippen molar-refractivity contribution >= 4 is 57.1 Å². The van der Waals surface area contributed by atoms with Gasteiger partial charge in [0.25, 0.3) is 11.8 Å². The SMILES string of the molecule is COc1cc(/C=C2\C(=O)NC(=O)N(c3cccc(Cl)c3C)C2=O)cc(Br)c1OCc1ccc(C)cc1. The average molecular weight is 570 g/mol. The number of carbonyl (C=O) groups excluding carboxylic acids is 3. The van der Waals surface area contributed by atoms with Crippen LogP contribution in [0.5, 0.6) is 11.5 Å². The van der Waals surface area contributed by atoms with Crippen molar-refractivity contribution in [3.8, 4) is 11.5 Å². The van der Waals surface area contributed by atoms with Gasteiger partial charge in [-0.25, -0.2) is 9.69 Å². The molecular formula is C27H22BrClN2O5. The molecular weight excluding hydrogens is 548 g/mol. The van der Waals surface area contributed by atoms with Crippen LogP contribution in [0.25, 0.3) is 6.08 Å². The molecule has 0 radical (unpaired) electrons. The second kappa shape index (κ2) is 10.6. The van der Waals surface area contributed by atoms with E-state index in [1.807, 2.05) is 31.2 Å². The topological polar surface area (TPSA) is 84.9 Å². The largest absolute Gasteiger partial charge is 0.493 e. The van der Waals surface area contributed by atoms with Crippen molar-refractivity contribution in [1.29, 1.82) is 0 Å². The number of nitrogens with zero attached hydrogens (tertiary/aromatic N) is 1. The van der Waals surface area contributed by atoms with Gasteiger partial charge in [0.05, 0.1) is 17.3 Å². The predicted octanol–water partition coefficient (Wildman–Crippen LogP) is 5.97. The third-order valence-electron chi connectivity index (χ3n) is 5.65. The van der Waals surface area contributed by atoms with Crippen LogP contribution in [0.2, 0.25) is 5.02 Å². The van der Waals surface area contributed by atoms with Crippen molar-refractivity contribution in [2.45, 2.75) is 20.5 Å². The third kappa shape index (κ3) is 5.15. The van der Waals surface area contributed by atoms with Crippen LogP contribution >= 0.6 is 27.5 Å². The summed E-state index contributed by atoms with van der Waals surface area (Å²) in [4.78, 5) is 39.3. The number of hydrogen-bond acceptors (Lipinski definition) is 5. The standard InChI is InChI=1S/C27H22BrClN2O5/c1-15-7-9-17(10-8-15)14-36-24-20(28)12-18(13-23(24)35-3)11-19-25(32)30-27(34)31(26(19)33)22-6-4-5-21(29)16(22)2/h4-13H,14H2,1-3H3,(H,30,32,34)/b19-11+. The number of methoxy groups -OCH3 is 1. The number of aryl methyl sites for hydroxylation is 1. The van der Waals surface area contributed by atoms with Gasteiger partial charge in [-0.3, -0.25) is 14.9 Å². The minimum atomic E-state index is -0.842. The molecule has 1 N–H and O–H groups in total. The van der Waals surface area contributed by atoms with E-state index < -0.39 is 17.8 Å². The summed E-state index contributed by atoms with van der Waals surface area (Å²) >= 11 is 9.67. The lowest BCUT2D eigenvalue weighted by atomic mass is 10.1. The van der Waals surface area contributed by atoms with Crippen LogP contribution in [0.3, 0.4) is 0 Å². The zero-order valence-electron chi connectivity index (χ0n) is 19.7. The smallest absolute Gasteiger partial charge is 0.335 e. The summed E-state index contributed by atoms with van der Waals surface area (Å²) < 4.78 is 12.1. The molecule has 1 aliphatic rings. The van der Waals surface area contributed by atoms with Crippen molar-refractivity contribution in [3.63, 3.8) is 0 Å². The van der Waals surface area contributed by atoms with Crippen LogP contribution in [0, 0.1) is 13.8 Å². The molecule has 0 aliphatic carbocycles. The molecule has 1 fully saturated rings. The van der Waals surface area contributed by atoms with Crippen LogP contribution < -0.4 is 19.7 Å². The van der Waals surface area contributed by atoms with E-state index in [-0.39, 0.29) is 5.57 Å². The number of urea groups is 1. The van der Waals surface area contributed by atoms with E-state index in [4.69, 9.17) is 21.1 Å². The molecule has 1 saturated heterocycles. The van der Waals surface area contributed by atoms with Crippen molar-refractivity contribution in [3.05, 3.63) is 91.9 Å². The summed E-state index contributed by atoms with van der Waals surface area (Å²) in [6.07, 6.45) is 1.40. The fourth-order valence-electron chi connectivity index (χ4n) is 3.68. The molecule has 0 spiro atoms. The van der Waals surface area contributed by atoms with Gasteiger partial charge in [0.1, 0.15) is 12.2 Å². The second-order valence-electron chi connectivity index (χ2n) is 8.15. The molecule has 4 rings (SSSR count). The Bertz CT molecular complexity index is 1400. The number of ether oxygens (including phenoxy) is 2. The molecule has 184 valence electrons. The third-order valence-corrected chi connectivity index (χ3v) is 6.65. The minimum Gasteiger partial charge on any atom is -0.493 e. The molecule has 36 heavy (non-hydrogen) atoms. The van der Waals surface area contributed by atoms with Crippen LogP contribution in [-0.2, 0) is 16.2 Å². The molecule has 7 nitrogen and oxygen atoms in total. The molecule has 3 aromatic carbocycles. The van der Waals surface area contributed by atoms with Gasteiger partial charge < -0.3 is 9.47 Å². The van der Waals surface area contributed by atoms with Crippen molar-refractivity contribution in [2.24, 2.45) is 0 Å². The first kappa shape index (κ1) is 25.5. The number of benzene rings is 3. The first-order chi connectivity index (χ1) is 17.2. The lowest BCUT2D eigenvalue weighted by Gasteiger charge is -2.27. The quantitative estimate of drug-likeness (QED) is 0.292. The Hall–Kier alpha value is -3.62. The van der Waals surface area contributed by atoms with Gasteiger partial charge in [-0.05, 0) is 76.8 Å². The number of rotatable bonds is 6. The Morgan fingerprint density at radius 3 is 2.47 bits per heavy atom. The van der Waals surface area contributed by atoms with Crippen LogP contribution in [-0.4, -0.2) is 25.0 Å². The normalized spacial score (nSPS) is 14.8. The first-order valence-electron chi connectivity index (χ1n) is 10.9. The molecule has 4 amide bonds. The Kier molecular flexibility index (Phi) is 7.47. The molecule has 0 unspecified atom stereocenters. The number of anilines is 1. The summed E-state index contributed by atoms with van der Waals surface area (Å²) in [5.41, 5.74) is 3.26. The average Bonchev–Trinajstić information content (AvgIpc) is 2.84. The number of barbiturate groups is 1. The lowest BCUT2D eigenvalue weighted by Crippen LogP contribution is -2.54. The maximum Gasteiger partial charge on any atom is 0.335 e. The zero-order valence-corrected chi connectivity index (χ0v) is 22.1. The minimum absolute atomic E-state index is 0.212. The van der Waals surface area contributed by atoms with Gasteiger partial charge in [-0.15, -0.1) is 0 Å². The molecule has 9 heteroatoms. The van der Waals surface area contributed by atoms with Crippen LogP contribution in [0.1, 0.15) is 22.3 Å². The van der Waals surface area contributed by atoms with Gasteiger partial charge in [0, 0.05) is 5.02 Å². The first-order valence-corrected chi connectivity index (χ1v) is 12.1. The maximum absolute atomic E-state index is 13.3. The Morgan fingerprint density at radius 2 is 1.78 bits per heavy atom. The zero-order chi connectivity index (χ0) is 26.0. The van der Waals surface area contributed by atoms with Gasteiger partial charge >= 0.3 is 6.03 Å². The molecule has 0 saturated carbocycles. The number of hydrogen-bond donors (Lipinski definition) is 1. The Labute approximate surface area is 221 Å². The molecule has 1 heterocycles. The number of amides is 4. The second-order valence-corrected chi connectivity index (χ2v) is 9.41. The lowest BCUT2D eigenvalue weighted by molar-refractivity contribution is -0.122. The van der Waals surface area contributed by atoms with Crippen molar-refractivity contribution in [2.75, 3.05) is 12.0 Å². The van der Waals surface area contributed by atoms with E-state index in [1.165, 1.54) is 13.2 Å². The number of carbonyl (C=O) groups is 3. The molecule has 3 aromatic rings. The van der Waals surface area contributed by atoms with Gasteiger partial charge in [-0.2, -0.15) is 0 Å². The highest BCUT2D eigenvalue weighted by molar-refractivity contribution is 9.10. The fraction of sp³-hybridized carbons (Fsp3) is 0.148. The maximum atomic E-state index is 13.3. The number of nitrogens with one attached hydrogen (secondary N) is 1. The monoisotopic (exact) mass is 568 g/mol. The van der Waals surface area contributed by atoms with E-state index in [9.17, 15) is 14.4 Å². The molecule has 0 bridgehead atoms. The molecule has 0 atom stereocenters. The molecule has 1 aliphatic heterocycles. The Balaban J connectivity index is 1.66.